The molecule has 0 radical (unpaired) electrons. The third kappa shape index (κ3) is 4.39. The number of anilines is 1. The molecule has 4 nitrogen and oxygen atoms in total. The van der Waals surface area contributed by atoms with Crippen LogP contribution < -0.4 is 5.32 Å². The van der Waals surface area contributed by atoms with Crippen LogP contribution in [0.15, 0.2) is 60.0 Å². The maximum atomic E-state index is 12.1. The highest BCUT2D eigenvalue weighted by atomic mass is 32.1. The molecule has 0 aliphatic heterocycles. The molecule has 126 valence electrons. The van der Waals surface area contributed by atoms with Crippen molar-refractivity contribution in [1.29, 1.82) is 0 Å². The Morgan fingerprint density at radius 1 is 1.00 bits per heavy atom. The van der Waals surface area contributed by atoms with E-state index in [2.05, 4.69) is 10.3 Å². The van der Waals surface area contributed by atoms with Gasteiger partial charge in [-0.2, -0.15) is 0 Å². The van der Waals surface area contributed by atoms with Gasteiger partial charge in [-0.3, -0.25) is 9.59 Å². The van der Waals surface area contributed by atoms with E-state index in [0.717, 1.165) is 16.8 Å². The van der Waals surface area contributed by atoms with Crippen molar-refractivity contribution in [2.75, 3.05) is 5.32 Å². The standard InChI is InChI=1S/C20H18N2O2S/c1-14-7-5-6-10-16(14)17-13-25-20(21-17)22-19(24)12-11-18(23)15-8-3-2-4-9-15/h2-10,13H,11-12H2,1H3,(H,21,22,24). The molecule has 1 heterocycles. The molecule has 0 saturated carbocycles. The molecule has 3 aromatic rings. The van der Waals surface area contributed by atoms with Crippen molar-refractivity contribution in [1.82, 2.24) is 4.98 Å². The van der Waals surface area contributed by atoms with E-state index in [0.29, 0.717) is 10.7 Å². The van der Waals surface area contributed by atoms with E-state index in [1.165, 1.54) is 11.3 Å². The van der Waals surface area contributed by atoms with Crippen molar-refractivity contribution >= 4 is 28.2 Å². The SMILES string of the molecule is Cc1ccccc1-c1csc(NC(=O)CCC(=O)c2ccccc2)n1. The largest absolute Gasteiger partial charge is 0.302 e. The Labute approximate surface area is 150 Å². The first-order valence-corrected chi connectivity index (χ1v) is 8.91. The van der Waals surface area contributed by atoms with Gasteiger partial charge in [0.25, 0.3) is 0 Å². The average Bonchev–Trinajstić information content (AvgIpc) is 3.09. The number of hydrogen-bond acceptors (Lipinski definition) is 4. The number of aryl methyl sites for hydroxylation is 1. The number of aromatic nitrogens is 1. The molecule has 0 bridgehead atoms. The quantitative estimate of drug-likeness (QED) is 0.654. The highest BCUT2D eigenvalue weighted by Gasteiger charge is 2.12. The lowest BCUT2D eigenvalue weighted by molar-refractivity contribution is -0.116. The van der Waals surface area contributed by atoms with E-state index in [4.69, 9.17) is 0 Å². The number of nitrogens with zero attached hydrogens (tertiary/aromatic N) is 1. The second-order valence-corrected chi connectivity index (χ2v) is 6.55. The summed E-state index contributed by atoms with van der Waals surface area (Å²) in [4.78, 5) is 28.6. The van der Waals surface area contributed by atoms with Gasteiger partial charge >= 0.3 is 0 Å². The molecular formula is C20H18N2O2S. The summed E-state index contributed by atoms with van der Waals surface area (Å²) in [5, 5.41) is 5.25. The predicted molar refractivity (Wildman–Crippen MR) is 101 cm³/mol. The number of carbonyl (C=O) groups is 2. The minimum absolute atomic E-state index is 0.0320. The van der Waals surface area contributed by atoms with Crippen LogP contribution in [0.5, 0.6) is 0 Å². The molecule has 0 aliphatic carbocycles. The molecule has 25 heavy (non-hydrogen) atoms. The Kier molecular flexibility index (Phi) is 5.36. The summed E-state index contributed by atoms with van der Waals surface area (Å²) in [7, 11) is 0. The molecule has 1 amide bonds. The molecular weight excluding hydrogens is 332 g/mol. The van der Waals surface area contributed by atoms with Gasteiger partial charge in [0.05, 0.1) is 5.69 Å². The molecule has 0 atom stereocenters. The number of Topliss-reactive ketones (excluding diaryl/α,β-unsaturated/α-hetero) is 1. The Hall–Kier alpha value is -2.79. The summed E-state index contributed by atoms with van der Waals surface area (Å²) < 4.78 is 0. The van der Waals surface area contributed by atoms with Crippen molar-refractivity contribution in [3.05, 3.63) is 71.1 Å². The highest BCUT2D eigenvalue weighted by molar-refractivity contribution is 7.14. The van der Waals surface area contributed by atoms with Gasteiger partial charge in [0, 0.05) is 29.3 Å². The van der Waals surface area contributed by atoms with E-state index in [1.54, 1.807) is 12.1 Å². The lowest BCUT2D eigenvalue weighted by atomic mass is 10.1. The van der Waals surface area contributed by atoms with Crippen molar-refractivity contribution in [2.24, 2.45) is 0 Å². The number of amides is 1. The molecule has 5 heteroatoms. The van der Waals surface area contributed by atoms with Gasteiger partial charge in [0.15, 0.2) is 10.9 Å². The van der Waals surface area contributed by atoms with Crippen LogP contribution in [-0.4, -0.2) is 16.7 Å². The van der Waals surface area contributed by atoms with Crippen LogP contribution in [0.3, 0.4) is 0 Å². The van der Waals surface area contributed by atoms with Gasteiger partial charge in [0.2, 0.25) is 5.91 Å². The molecule has 0 saturated heterocycles. The topological polar surface area (TPSA) is 59.1 Å². The number of carbonyl (C=O) groups excluding carboxylic acids is 2. The van der Waals surface area contributed by atoms with Crippen molar-refractivity contribution in [3.63, 3.8) is 0 Å². The lowest BCUT2D eigenvalue weighted by Crippen LogP contribution is -2.13. The Morgan fingerprint density at radius 2 is 1.72 bits per heavy atom. The van der Waals surface area contributed by atoms with Crippen LogP contribution in [0.1, 0.15) is 28.8 Å². The Balaban J connectivity index is 1.57. The number of benzene rings is 2. The molecule has 0 fully saturated rings. The van der Waals surface area contributed by atoms with Crippen LogP contribution >= 0.6 is 11.3 Å². The van der Waals surface area contributed by atoms with E-state index in [9.17, 15) is 9.59 Å². The van der Waals surface area contributed by atoms with Crippen LogP contribution in [-0.2, 0) is 4.79 Å². The second-order valence-electron chi connectivity index (χ2n) is 5.69. The number of nitrogens with one attached hydrogen (secondary N) is 1. The van der Waals surface area contributed by atoms with Gasteiger partial charge in [-0.05, 0) is 12.5 Å². The van der Waals surface area contributed by atoms with E-state index in [1.807, 2.05) is 54.8 Å². The second kappa shape index (κ2) is 7.85. The van der Waals surface area contributed by atoms with Gasteiger partial charge in [-0.15, -0.1) is 11.3 Å². The maximum absolute atomic E-state index is 12.1. The van der Waals surface area contributed by atoms with Crippen molar-refractivity contribution in [3.8, 4) is 11.3 Å². The zero-order chi connectivity index (χ0) is 17.6. The number of rotatable bonds is 6. The monoisotopic (exact) mass is 350 g/mol. The summed E-state index contributed by atoms with van der Waals surface area (Å²) in [5.74, 6) is -0.231. The van der Waals surface area contributed by atoms with Crippen LogP contribution in [0, 0.1) is 6.92 Å². The normalized spacial score (nSPS) is 10.4. The summed E-state index contributed by atoms with van der Waals surface area (Å²) in [6.07, 6.45) is 0.332. The number of ketones is 1. The summed E-state index contributed by atoms with van der Waals surface area (Å²) in [6, 6.07) is 17.0. The van der Waals surface area contributed by atoms with E-state index < -0.39 is 0 Å². The zero-order valence-corrected chi connectivity index (χ0v) is 14.7. The molecule has 0 spiro atoms. The average molecular weight is 350 g/mol. The first-order valence-electron chi connectivity index (χ1n) is 8.03. The summed E-state index contributed by atoms with van der Waals surface area (Å²) in [5.41, 5.74) is 3.67. The fraction of sp³-hybridized carbons (Fsp3) is 0.150. The molecule has 1 N–H and O–H groups in total. The molecule has 1 aromatic heterocycles. The fourth-order valence-electron chi connectivity index (χ4n) is 2.49. The zero-order valence-electron chi connectivity index (χ0n) is 13.9. The van der Waals surface area contributed by atoms with Crippen molar-refractivity contribution in [2.45, 2.75) is 19.8 Å². The summed E-state index contributed by atoms with van der Waals surface area (Å²) in [6.45, 7) is 2.03. The minimum atomic E-state index is -0.199. The third-order valence-corrected chi connectivity index (χ3v) is 4.60. The predicted octanol–water partition coefficient (Wildman–Crippen LogP) is 4.72. The van der Waals surface area contributed by atoms with Crippen LogP contribution in [0.2, 0.25) is 0 Å². The Morgan fingerprint density at radius 3 is 2.48 bits per heavy atom. The lowest BCUT2D eigenvalue weighted by Gasteiger charge is -2.03. The van der Waals surface area contributed by atoms with Gasteiger partial charge in [0.1, 0.15) is 0 Å². The van der Waals surface area contributed by atoms with Gasteiger partial charge < -0.3 is 5.32 Å². The molecule has 2 aromatic carbocycles. The number of hydrogen-bond donors (Lipinski definition) is 1. The first kappa shape index (κ1) is 17.0. The van der Waals surface area contributed by atoms with Gasteiger partial charge in [-0.25, -0.2) is 4.98 Å². The van der Waals surface area contributed by atoms with Crippen molar-refractivity contribution < 1.29 is 9.59 Å². The molecule has 3 rings (SSSR count). The van der Waals surface area contributed by atoms with Crippen LogP contribution in [0.25, 0.3) is 11.3 Å². The van der Waals surface area contributed by atoms with Gasteiger partial charge in [-0.1, -0.05) is 54.6 Å². The smallest absolute Gasteiger partial charge is 0.226 e. The maximum Gasteiger partial charge on any atom is 0.226 e. The molecule has 0 unspecified atom stereocenters. The first-order chi connectivity index (χ1) is 12.1. The minimum Gasteiger partial charge on any atom is -0.302 e. The van der Waals surface area contributed by atoms with E-state index in [-0.39, 0.29) is 24.5 Å². The fourth-order valence-corrected chi connectivity index (χ4v) is 3.22. The molecule has 0 aliphatic rings. The van der Waals surface area contributed by atoms with Crippen LogP contribution in [0.4, 0.5) is 5.13 Å². The Bertz CT molecular complexity index is 887. The third-order valence-electron chi connectivity index (χ3n) is 3.85. The van der Waals surface area contributed by atoms with E-state index >= 15 is 0 Å². The summed E-state index contributed by atoms with van der Waals surface area (Å²) >= 11 is 1.38. The number of thiazole rings is 1. The highest BCUT2D eigenvalue weighted by Crippen LogP contribution is 2.27.